The van der Waals surface area contributed by atoms with E-state index in [0.717, 1.165) is 17.8 Å². The molecule has 1 aliphatic rings. The van der Waals surface area contributed by atoms with Crippen LogP contribution in [0, 0.1) is 19.3 Å². The molecule has 3 amide bonds. The summed E-state index contributed by atoms with van der Waals surface area (Å²) in [6.07, 6.45) is 5.81. The number of carbonyl (C=O) groups is 3. The van der Waals surface area contributed by atoms with E-state index < -0.39 is 5.54 Å². The molecule has 0 saturated carbocycles. The van der Waals surface area contributed by atoms with Crippen molar-refractivity contribution < 1.29 is 14.4 Å². The van der Waals surface area contributed by atoms with Crippen molar-refractivity contribution in [3.63, 3.8) is 0 Å². The van der Waals surface area contributed by atoms with Crippen molar-refractivity contribution >= 4 is 40.4 Å². The van der Waals surface area contributed by atoms with Crippen molar-refractivity contribution in [2.75, 3.05) is 29.9 Å². The fourth-order valence-electron chi connectivity index (χ4n) is 3.29. The van der Waals surface area contributed by atoms with Crippen molar-refractivity contribution in [3.8, 4) is 12.3 Å². The van der Waals surface area contributed by atoms with Crippen LogP contribution in [-0.4, -0.2) is 42.9 Å². The van der Waals surface area contributed by atoms with Gasteiger partial charge in [0.2, 0.25) is 11.8 Å². The first-order valence-electron chi connectivity index (χ1n) is 10.0. The number of aryl methyl sites for hydroxylation is 1. The molecule has 3 rings (SSSR count). The quantitative estimate of drug-likeness (QED) is 0.626. The van der Waals surface area contributed by atoms with E-state index >= 15 is 0 Å². The highest BCUT2D eigenvalue weighted by molar-refractivity contribution is 7.14. The highest BCUT2D eigenvalue weighted by Crippen LogP contribution is 2.25. The normalized spacial score (nSPS) is 14.5. The molecule has 0 unspecified atom stereocenters. The van der Waals surface area contributed by atoms with E-state index in [1.54, 1.807) is 36.9 Å². The molecular weight excluding hydrogens is 412 g/mol. The molecule has 1 aromatic heterocycles. The van der Waals surface area contributed by atoms with Crippen LogP contribution in [0.4, 0.5) is 11.4 Å². The predicted molar refractivity (Wildman–Crippen MR) is 123 cm³/mol. The summed E-state index contributed by atoms with van der Waals surface area (Å²) >= 11 is 1.20. The number of nitrogens with one attached hydrogen (secondary N) is 3. The topological polar surface area (TPSA) is 90.5 Å². The molecule has 2 aromatic rings. The van der Waals surface area contributed by atoms with E-state index in [1.165, 1.54) is 11.3 Å². The van der Waals surface area contributed by atoms with Gasteiger partial charge >= 0.3 is 0 Å². The summed E-state index contributed by atoms with van der Waals surface area (Å²) < 4.78 is 0. The lowest BCUT2D eigenvalue weighted by molar-refractivity contribution is -0.121. The Morgan fingerprint density at radius 2 is 2.00 bits per heavy atom. The second kappa shape index (κ2) is 9.33. The number of anilines is 2. The number of thiophene rings is 1. The third kappa shape index (κ3) is 5.32. The lowest BCUT2D eigenvalue weighted by Crippen LogP contribution is -2.52. The largest absolute Gasteiger partial charge is 0.337 e. The summed E-state index contributed by atoms with van der Waals surface area (Å²) in [7, 11) is 0. The molecule has 1 saturated heterocycles. The van der Waals surface area contributed by atoms with Crippen LogP contribution in [0.3, 0.4) is 0 Å². The second-order valence-corrected chi connectivity index (χ2v) is 8.97. The molecule has 7 nitrogen and oxygen atoms in total. The van der Waals surface area contributed by atoms with Gasteiger partial charge in [0.05, 0.1) is 9.75 Å². The molecule has 0 spiro atoms. The Balaban J connectivity index is 1.68. The van der Waals surface area contributed by atoms with Gasteiger partial charge in [0.25, 0.3) is 5.91 Å². The van der Waals surface area contributed by atoms with Crippen LogP contribution in [0.25, 0.3) is 0 Å². The fourth-order valence-corrected chi connectivity index (χ4v) is 4.00. The Morgan fingerprint density at radius 1 is 1.23 bits per heavy atom. The molecule has 8 heteroatoms. The van der Waals surface area contributed by atoms with Gasteiger partial charge in [0.1, 0.15) is 5.54 Å². The minimum absolute atomic E-state index is 0.0790. The van der Waals surface area contributed by atoms with Gasteiger partial charge in [-0.05, 0) is 56.7 Å². The molecular formula is C23H26N4O3S. The van der Waals surface area contributed by atoms with Gasteiger partial charge in [-0.25, -0.2) is 0 Å². The maximum atomic E-state index is 12.8. The van der Waals surface area contributed by atoms with Crippen LogP contribution in [0.5, 0.6) is 0 Å². The van der Waals surface area contributed by atoms with Crippen molar-refractivity contribution in [2.24, 2.45) is 0 Å². The lowest BCUT2D eigenvalue weighted by atomic mass is 10.0. The van der Waals surface area contributed by atoms with Gasteiger partial charge in [-0.3, -0.25) is 14.4 Å². The number of carbonyl (C=O) groups excluding carboxylic acids is 3. The van der Waals surface area contributed by atoms with Gasteiger partial charge < -0.3 is 20.9 Å². The van der Waals surface area contributed by atoms with E-state index in [9.17, 15) is 14.4 Å². The number of hydrogen-bond acceptors (Lipinski definition) is 5. The minimum atomic E-state index is -1.14. The minimum Gasteiger partial charge on any atom is -0.337 e. The van der Waals surface area contributed by atoms with Crippen molar-refractivity contribution in [2.45, 2.75) is 32.7 Å². The molecule has 0 bridgehead atoms. The third-order valence-corrected chi connectivity index (χ3v) is 6.06. The van der Waals surface area contributed by atoms with Crippen LogP contribution in [0.2, 0.25) is 0 Å². The number of amides is 3. The zero-order valence-electron chi connectivity index (χ0n) is 17.9. The molecule has 31 heavy (non-hydrogen) atoms. The first kappa shape index (κ1) is 22.5. The van der Waals surface area contributed by atoms with E-state index in [1.807, 2.05) is 19.1 Å². The molecule has 0 radical (unpaired) electrons. The summed E-state index contributed by atoms with van der Waals surface area (Å²) in [6.45, 7) is 7.21. The molecule has 2 heterocycles. The molecule has 1 aromatic carbocycles. The van der Waals surface area contributed by atoms with Crippen LogP contribution < -0.4 is 20.9 Å². The summed E-state index contributed by atoms with van der Waals surface area (Å²) in [5.74, 6) is 1.87. The number of nitrogens with zero attached hydrogens (tertiary/aromatic N) is 1. The number of hydrogen-bond donors (Lipinski definition) is 3. The average molecular weight is 439 g/mol. The Kier molecular flexibility index (Phi) is 6.78. The molecule has 0 aliphatic carbocycles. The average Bonchev–Trinajstić information content (AvgIpc) is 3.11. The predicted octanol–water partition coefficient (Wildman–Crippen LogP) is 2.51. The SMILES string of the molecule is C#Cc1ccc(C(=O)NC(C)(C)C(=O)Nc2ccc(N3CCNCCC3=O)c(C)c2)s1. The summed E-state index contributed by atoms with van der Waals surface area (Å²) in [5.41, 5.74) is 1.17. The Labute approximate surface area is 186 Å². The van der Waals surface area contributed by atoms with Gasteiger partial charge in [0, 0.05) is 37.4 Å². The summed E-state index contributed by atoms with van der Waals surface area (Å²) in [6, 6.07) is 8.77. The zero-order chi connectivity index (χ0) is 22.6. The lowest BCUT2D eigenvalue weighted by Gasteiger charge is -2.26. The van der Waals surface area contributed by atoms with E-state index in [4.69, 9.17) is 6.42 Å². The Morgan fingerprint density at radius 3 is 2.68 bits per heavy atom. The third-order valence-electron chi connectivity index (χ3n) is 5.04. The van der Waals surface area contributed by atoms with Gasteiger partial charge in [-0.2, -0.15) is 0 Å². The van der Waals surface area contributed by atoms with Gasteiger partial charge in [-0.15, -0.1) is 17.8 Å². The van der Waals surface area contributed by atoms with Crippen LogP contribution in [-0.2, 0) is 9.59 Å². The maximum absolute atomic E-state index is 12.8. The Bertz CT molecular complexity index is 1050. The van der Waals surface area contributed by atoms with Gasteiger partial charge in [-0.1, -0.05) is 5.92 Å². The van der Waals surface area contributed by atoms with Crippen LogP contribution >= 0.6 is 11.3 Å². The molecule has 3 N–H and O–H groups in total. The van der Waals surface area contributed by atoms with E-state index in [2.05, 4.69) is 21.9 Å². The second-order valence-electron chi connectivity index (χ2n) is 7.89. The number of rotatable bonds is 5. The molecule has 0 atom stereocenters. The Hall–Kier alpha value is -3.15. The van der Waals surface area contributed by atoms with E-state index in [0.29, 0.717) is 35.0 Å². The number of terminal acetylenes is 1. The van der Waals surface area contributed by atoms with Crippen LogP contribution in [0.1, 0.15) is 40.4 Å². The summed E-state index contributed by atoms with van der Waals surface area (Å²) in [4.78, 5) is 40.6. The smallest absolute Gasteiger partial charge is 0.262 e. The first-order chi connectivity index (χ1) is 14.7. The molecule has 162 valence electrons. The zero-order valence-corrected chi connectivity index (χ0v) is 18.7. The monoisotopic (exact) mass is 438 g/mol. The fraction of sp³-hybridized carbons (Fsp3) is 0.348. The van der Waals surface area contributed by atoms with Gasteiger partial charge in [0.15, 0.2) is 0 Å². The summed E-state index contributed by atoms with van der Waals surface area (Å²) in [5, 5.41) is 8.82. The van der Waals surface area contributed by atoms with E-state index in [-0.39, 0.29) is 17.7 Å². The highest BCUT2D eigenvalue weighted by Gasteiger charge is 2.30. The van der Waals surface area contributed by atoms with Crippen LogP contribution in [0.15, 0.2) is 30.3 Å². The maximum Gasteiger partial charge on any atom is 0.262 e. The molecule has 1 fully saturated rings. The van der Waals surface area contributed by atoms with Crippen molar-refractivity contribution in [1.29, 1.82) is 0 Å². The van der Waals surface area contributed by atoms with Crippen molar-refractivity contribution in [3.05, 3.63) is 45.6 Å². The highest BCUT2D eigenvalue weighted by atomic mass is 32.1. The first-order valence-corrected chi connectivity index (χ1v) is 10.8. The number of benzene rings is 1. The standard InChI is InChI=1S/C23H26N4O3S/c1-5-17-7-9-19(31-17)21(29)26-23(3,4)22(30)25-16-6-8-18(15(2)14-16)27-13-12-24-11-10-20(27)28/h1,6-9,14,24H,10-13H2,2-4H3,(H,25,30)(H,26,29). The molecule has 1 aliphatic heterocycles. The van der Waals surface area contributed by atoms with Crippen molar-refractivity contribution in [1.82, 2.24) is 10.6 Å².